The van der Waals surface area contributed by atoms with Gasteiger partial charge in [-0.25, -0.2) is 4.79 Å². The van der Waals surface area contributed by atoms with E-state index in [0.717, 1.165) is 12.8 Å². The Bertz CT molecular complexity index is 474. The molecule has 0 saturated heterocycles. The Kier molecular flexibility index (Phi) is 3.83. The number of carbonyl (C=O) groups is 3. The summed E-state index contributed by atoms with van der Waals surface area (Å²) >= 11 is 0. The molecule has 2 amide bonds. The molecular weight excluding hydrogens is 246 g/mol. The molecule has 1 aliphatic heterocycles. The molecule has 0 aromatic heterocycles. The van der Waals surface area contributed by atoms with E-state index in [2.05, 4.69) is 0 Å². The number of nitrogens with zero attached hydrogens (tertiary/aromatic N) is 1. The summed E-state index contributed by atoms with van der Waals surface area (Å²) in [6.45, 7) is 3.49. The second-order valence-electron chi connectivity index (χ2n) is 4.74. The van der Waals surface area contributed by atoms with Crippen molar-refractivity contribution in [2.45, 2.75) is 46.0 Å². The van der Waals surface area contributed by atoms with Crippen molar-refractivity contribution < 1.29 is 19.2 Å². The average molecular weight is 263 g/mol. The lowest BCUT2D eigenvalue weighted by Crippen LogP contribution is -2.34. The number of hydrogen-bond donors (Lipinski definition) is 0. The third-order valence-electron chi connectivity index (χ3n) is 3.36. The van der Waals surface area contributed by atoms with Crippen LogP contribution in [0.1, 0.15) is 46.0 Å². The maximum absolute atomic E-state index is 12.0. The van der Waals surface area contributed by atoms with E-state index in [1.54, 1.807) is 13.0 Å². The van der Waals surface area contributed by atoms with E-state index in [1.165, 1.54) is 0 Å². The van der Waals surface area contributed by atoms with Crippen molar-refractivity contribution in [3.63, 3.8) is 0 Å². The molecule has 2 rings (SSSR count). The molecule has 1 aliphatic carbocycles. The number of carbonyl (C=O) groups excluding carboxylic acids is 3. The highest BCUT2D eigenvalue weighted by atomic mass is 16.7. The Morgan fingerprint density at radius 1 is 1.21 bits per heavy atom. The molecule has 0 saturated carbocycles. The zero-order chi connectivity index (χ0) is 14.0. The van der Waals surface area contributed by atoms with Gasteiger partial charge in [0.2, 0.25) is 0 Å². The van der Waals surface area contributed by atoms with Crippen LogP contribution in [0.15, 0.2) is 22.8 Å². The standard InChI is InChI=1S/C14H17NO4/c1-3-6-9(2)14(18)19-15-12(16)10-7-4-5-8-11(10)13(15)17/h6H,3-5,7-8H2,1-2H3. The minimum Gasteiger partial charge on any atom is -0.325 e. The van der Waals surface area contributed by atoms with Gasteiger partial charge in [-0.2, -0.15) is 0 Å². The summed E-state index contributed by atoms with van der Waals surface area (Å²) in [6.07, 6.45) is 5.37. The SMILES string of the molecule is CCC=C(C)C(=O)ON1C(=O)C2=C(CCCC2)C1=O. The number of hydroxylamine groups is 2. The van der Waals surface area contributed by atoms with E-state index in [9.17, 15) is 14.4 Å². The number of amides is 2. The normalized spacial score (nSPS) is 19.9. The molecule has 0 radical (unpaired) electrons. The Hall–Kier alpha value is -1.91. The molecule has 0 aromatic carbocycles. The lowest BCUT2D eigenvalue weighted by Gasteiger charge is -2.13. The predicted octanol–water partition coefficient (Wildman–Crippen LogP) is 2.04. The lowest BCUT2D eigenvalue weighted by molar-refractivity contribution is -0.193. The van der Waals surface area contributed by atoms with Gasteiger partial charge in [0.05, 0.1) is 0 Å². The first-order valence-electron chi connectivity index (χ1n) is 6.56. The second-order valence-corrected chi connectivity index (χ2v) is 4.74. The Balaban J connectivity index is 2.12. The van der Waals surface area contributed by atoms with Gasteiger partial charge in [0, 0.05) is 16.7 Å². The molecular formula is C14H17NO4. The summed E-state index contributed by atoms with van der Waals surface area (Å²) in [5.41, 5.74) is 1.43. The molecule has 0 bridgehead atoms. The van der Waals surface area contributed by atoms with Crippen molar-refractivity contribution in [3.8, 4) is 0 Å². The van der Waals surface area contributed by atoms with Crippen LogP contribution in [0.3, 0.4) is 0 Å². The molecule has 102 valence electrons. The maximum Gasteiger partial charge on any atom is 0.359 e. The smallest absolute Gasteiger partial charge is 0.325 e. The van der Waals surface area contributed by atoms with Gasteiger partial charge in [-0.3, -0.25) is 9.59 Å². The molecule has 19 heavy (non-hydrogen) atoms. The van der Waals surface area contributed by atoms with E-state index in [0.29, 0.717) is 41.0 Å². The van der Waals surface area contributed by atoms with E-state index >= 15 is 0 Å². The first kappa shape index (κ1) is 13.5. The lowest BCUT2D eigenvalue weighted by atomic mass is 9.93. The molecule has 0 fully saturated rings. The maximum atomic E-state index is 12.0. The van der Waals surface area contributed by atoms with Crippen LogP contribution in [0.5, 0.6) is 0 Å². The van der Waals surface area contributed by atoms with Gasteiger partial charge in [0.15, 0.2) is 0 Å². The highest BCUT2D eigenvalue weighted by molar-refractivity contribution is 6.19. The van der Waals surface area contributed by atoms with E-state index in [-0.39, 0.29) is 0 Å². The van der Waals surface area contributed by atoms with Gasteiger partial charge < -0.3 is 4.84 Å². The van der Waals surface area contributed by atoms with Gasteiger partial charge in [-0.15, -0.1) is 0 Å². The van der Waals surface area contributed by atoms with Gasteiger partial charge in [0.1, 0.15) is 0 Å². The van der Waals surface area contributed by atoms with Crippen LogP contribution in [0.4, 0.5) is 0 Å². The van der Waals surface area contributed by atoms with Crippen molar-refractivity contribution in [1.82, 2.24) is 5.06 Å². The van der Waals surface area contributed by atoms with Crippen LogP contribution in [0.2, 0.25) is 0 Å². The zero-order valence-electron chi connectivity index (χ0n) is 11.2. The van der Waals surface area contributed by atoms with Gasteiger partial charge in [-0.1, -0.05) is 18.1 Å². The number of rotatable bonds is 3. The van der Waals surface area contributed by atoms with Crippen LogP contribution in [-0.2, 0) is 19.2 Å². The fraction of sp³-hybridized carbons (Fsp3) is 0.500. The molecule has 1 heterocycles. The molecule has 0 spiro atoms. The molecule has 0 aromatic rings. The topological polar surface area (TPSA) is 63.7 Å². The van der Waals surface area contributed by atoms with Crippen LogP contribution in [0.25, 0.3) is 0 Å². The monoisotopic (exact) mass is 263 g/mol. The van der Waals surface area contributed by atoms with Gasteiger partial charge in [-0.05, 0) is 39.0 Å². The van der Waals surface area contributed by atoms with Crippen molar-refractivity contribution in [1.29, 1.82) is 0 Å². The highest BCUT2D eigenvalue weighted by Gasteiger charge is 2.41. The highest BCUT2D eigenvalue weighted by Crippen LogP contribution is 2.33. The molecule has 0 atom stereocenters. The second kappa shape index (κ2) is 5.38. The van der Waals surface area contributed by atoms with Gasteiger partial charge >= 0.3 is 5.97 Å². The molecule has 0 unspecified atom stereocenters. The van der Waals surface area contributed by atoms with Crippen LogP contribution in [-0.4, -0.2) is 22.8 Å². The first-order valence-corrected chi connectivity index (χ1v) is 6.56. The summed E-state index contributed by atoms with van der Waals surface area (Å²) in [5.74, 6) is -1.60. The number of allylic oxidation sites excluding steroid dienone is 1. The Morgan fingerprint density at radius 3 is 2.21 bits per heavy atom. The summed E-state index contributed by atoms with van der Waals surface area (Å²) in [6, 6.07) is 0. The minimum absolute atomic E-state index is 0.396. The number of hydrogen-bond acceptors (Lipinski definition) is 4. The zero-order valence-corrected chi connectivity index (χ0v) is 11.2. The van der Waals surface area contributed by atoms with Crippen molar-refractivity contribution in [2.24, 2.45) is 0 Å². The van der Waals surface area contributed by atoms with Crippen LogP contribution in [0, 0.1) is 0 Å². The number of imide groups is 1. The summed E-state index contributed by atoms with van der Waals surface area (Å²) in [4.78, 5) is 40.7. The Labute approximate surface area is 111 Å². The van der Waals surface area contributed by atoms with Gasteiger partial charge in [0.25, 0.3) is 11.8 Å². The third-order valence-corrected chi connectivity index (χ3v) is 3.36. The minimum atomic E-state index is -0.650. The van der Waals surface area contributed by atoms with E-state index < -0.39 is 17.8 Å². The molecule has 5 heteroatoms. The summed E-state index contributed by atoms with van der Waals surface area (Å²) in [5, 5.41) is 0.616. The quantitative estimate of drug-likeness (QED) is 0.577. The van der Waals surface area contributed by atoms with Crippen molar-refractivity contribution >= 4 is 17.8 Å². The summed E-state index contributed by atoms with van der Waals surface area (Å²) in [7, 11) is 0. The van der Waals surface area contributed by atoms with Crippen LogP contribution < -0.4 is 0 Å². The fourth-order valence-electron chi connectivity index (χ4n) is 2.34. The van der Waals surface area contributed by atoms with Crippen LogP contribution >= 0.6 is 0 Å². The molecule has 2 aliphatic rings. The average Bonchev–Trinajstić information content (AvgIpc) is 2.65. The molecule has 5 nitrogen and oxygen atoms in total. The summed E-state index contributed by atoms with van der Waals surface area (Å²) < 4.78 is 0. The van der Waals surface area contributed by atoms with Crippen molar-refractivity contribution in [2.75, 3.05) is 0 Å². The van der Waals surface area contributed by atoms with Crippen molar-refractivity contribution in [3.05, 3.63) is 22.8 Å². The molecule has 0 N–H and O–H groups in total. The Morgan fingerprint density at radius 2 is 1.74 bits per heavy atom. The third kappa shape index (κ3) is 2.45. The van der Waals surface area contributed by atoms with E-state index in [4.69, 9.17) is 4.84 Å². The largest absolute Gasteiger partial charge is 0.359 e. The fourth-order valence-corrected chi connectivity index (χ4v) is 2.34. The predicted molar refractivity (Wildman–Crippen MR) is 67.5 cm³/mol. The first-order chi connectivity index (χ1) is 9.06. The van der Waals surface area contributed by atoms with E-state index in [1.807, 2.05) is 6.92 Å².